The number of thiophene rings is 1. The van der Waals surface area contributed by atoms with Gasteiger partial charge in [0.25, 0.3) is 0 Å². The molecular formula is C14H23NOS. The Morgan fingerprint density at radius 1 is 1.47 bits per heavy atom. The van der Waals surface area contributed by atoms with Gasteiger partial charge < -0.3 is 10.1 Å². The molecule has 17 heavy (non-hydrogen) atoms. The molecule has 1 N–H and O–H groups in total. The maximum atomic E-state index is 5.32. The molecule has 96 valence electrons. The number of methoxy groups -OCH3 is 1. The predicted molar refractivity (Wildman–Crippen MR) is 73.7 cm³/mol. The number of nitrogens with one attached hydrogen (secondary N) is 1. The van der Waals surface area contributed by atoms with E-state index >= 15 is 0 Å². The Morgan fingerprint density at radius 2 is 2.18 bits per heavy atom. The van der Waals surface area contributed by atoms with E-state index in [1.807, 2.05) is 11.3 Å². The van der Waals surface area contributed by atoms with Crippen molar-refractivity contribution in [2.45, 2.75) is 45.7 Å². The lowest BCUT2D eigenvalue weighted by atomic mass is 10.1. The minimum Gasteiger partial charge on any atom is -0.383 e. The fourth-order valence-electron chi connectivity index (χ4n) is 2.49. The Hall–Kier alpha value is -0.380. The van der Waals surface area contributed by atoms with Crippen molar-refractivity contribution in [2.24, 2.45) is 5.92 Å². The van der Waals surface area contributed by atoms with Gasteiger partial charge >= 0.3 is 0 Å². The first-order valence-corrected chi connectivity index (χ1v) is 7.25. The summed E-state index contributed by atoms with van der Waals surface area (Å²) >= 11 is 1.89. The zero-order valence-electron chi connectivity index (χ0n) is 11.2. The first kappa shape index (κ1) is 13.1. The summed E-state index contributed by atoms with van der Waals surface area (Å²) in [5, 5.41) is 3.73. The van der Waals surface area contributed by atoms with Crippen LogP contribution in [0.15, 0.2) is 6.07 Å². The van der Waals surface area contributed by atoms with Crippen molar-refractivity contribution in [3.63, 3.8) is 0 Å². The van der Waals surface area contributed by atoms with Gasteiger partial charge in [-0.05, 0) is 51.2 Å². The van der Waals surface area contributed by atoms with E-state index in [0.29, 0.717) is 12.1 Å². The monoisotopic (exact) mass is 253 g/mol. The van der Waals surface area contributed by atoms with Crippen molar-refractivity contribution in [1.82, 2.24) is 5.32 Å². The molecule has 2 unspecified atom stereocenters. The Balaban J connectivity index is 1.99. The first-order valence-electron chi connectivity index (χ1n) is 6.43. The van der Waals surface area contributed by atoms with Crippen LogP contribution in [0.2, 0.25) is 0 Å². The van der Waals surface area contributed by atoms with Crippen molar-refractivity contribution in [2.75, 3.05) is 13.7 Å². The van der Waals surface area contributed by atoms with Gasteiger partial charge in [0.2, 0.25) is 0 Å². The van der Waals surface area contributed by atoms with Crippen LogP contribution < -0.4 is 5.32 Å². The molecule has 1 saturated carbocycles. The molecule has 0 bridgehead atoms. The van der Waals surface area contributed by atoms with Gasteiger partial charge in [0.15, 0.2) is 0 Å². The van der Waals surface area contributed by atoms with E-state index in [1.54, 1.807) is 7.11 Å². The van der Waals surface area contributed by atoms with Crippen LogP contribution in [0.25, 0.3) is 0 Å². The zero-order valence-corrected chi connectivity index (χ0v) is 12.1. The third-order valence-corrected chi connectivity index (χ3v) is 4.53. The molecule has 0 aromatic carbocycles. The molecule has 0 amide bonds. The van der Waals surface area contributed by atoms with Crippen LogP contribution in [0, 0.1) is 19.8 Å². The largest absolute Gasteiger partial charge is 0.383 e. The van der Waals surface area contributed by atoms with Crippen molar-refractivity contribution < 1.29 is 4.74 Å². The van der Waals surface area contributed by atoms with E-state index in [0.717, 1.165) is 12.5 Å². The van der Waals surface area contributed by atoms with Crippen molar-refractivity contribution in [3.8, 4) is 0 Å². The predicted octanol–water partition coefficient (Wildman–Crippen LogP) is 3.44. The summed E-state index contributed by atoms with van der Waals surface area (Å²) in [7, 11) is 1.79. The molecule has 2 atom stereocenters. The van der Waals surface area contributed by atoms with Crippen LogP contribution in [0.4, 0.5) is 0 Å². The zero-order chi connectivity index (χ0) is 12.4. The highest BCUT2D eigenvalue weighted by Gasteiger charge is 2.32. The van der Waals surface area contributed by atoms with Crippen LogP contribution in [0.5, 0.6) is 0 Å². The number of rotatable bonds is 6. The van der Waals surface area contributed by atoms with Gasteiger partial charge in [-0.15, -0.1) is 11.3 Å². The molecule has 3 heteroatoms. The standard InChI is InChI=1S/C14H23NOS/c1-9-7-13(11(3)17-9)10(2)15-14(8-16-4)12-5-6-12/h7,10,12,14-15H,5-6,8H2,1-4H3. The van der Waals surface area contributed by atoms with E-state index in [9.17, 15) is 0 Å². The van der Waals surface area contributed by atoms with Crippen molar-refractivity contribution in [1.29, 1.82) is 0 Å². The van der Waals surface area contributed by atoms with Gasteiger partial charge in [-0.1, -0.05) is 0 Å². The van der Waals surface area contributed by atoms with Gasteiger partial charge in [0, 0.05) is 28.9 Å². The summed E-state index contributed by atoms with van der Waals surface area (Å²) < 4.78 is 5.32. The Morgan fingerprint density at radius 3 is 2.65 bits per heavy atom. The Labute approximate surface area is 108 Å². The average Bonchev–Trinajstić information content (AvgIpc) is 3.04. The summed E-state index contributed by atoms with van der Waals surface area (Å²) in [6.07, 6.45) is 2.71. The molecule has 0 aliphatic heterocycles. The molecule has 1 aliphatic rings. The summed E-state index contributed by atoms with van der Waals surface area (Å²) in [6.45, 7) is 7.49. The molecule has 0 radical (unpaired) electrons. The number of aryl methyl sites for hydroxylation is 2. The molecule has 1 heterocycles. The second-order valence-electron chi connectivity index (χ2n) is 5.16. The summed E-state index contributed by atoms with van der Waals surface area (Å²) in [5.74, 6) is 0.831. The molecule has 1 aromatic heterocycles. The van der Waals surface area contributed by atoms with E-state index < -0.39 is 0 Å². The second kappa shape index (κ2) is 5.51. The highest BCUT2D eigenvalue weighted by molar-refractivity contribution is 7.12. The SMILES string of the molecule is COCC(NC(C)c1cc(C)sc1C)C1CC1. The maximum absolute atomic E-state index is 5.32. The van der Waals surface area contributed by atoms with Gasteiger partial charge in [0.05, 0.1) is 6.61 Å². The lowest BCUT2D eigenvalue weighted by Gasteiger charge is -2.22. The smallest absolute Gasteiger partial charge is 0.0618 e. The highest BCUT2D eigenvalue weighted by Crippen LogP contribution is 2.34. The number of hydrogen-bond acceptors (Lipinski definition) is 3. The lowest BCUT2D eigenvalue weighted by molar-refractivity contribution is 0.152. The van der Waals surface area contributed by atoms with Gasteiger partial charge in [0.1, 0.15) is 0 Å². The van der Waals surface area contributed by atoms with Crippen molar-refractivity contribution in [3.05, 3.63) is 21.4 Å². The van der Waals surface area contributed by atoms with Crippen LogP contribution >= 0.6 is 11.3 Å². The highest BCUT2D eigenvalue weighted by atomic mass is 32.1. The van der Waals surface area contributed by atoms with Crippen LogP contribution in [-0.4, -0.2) is 19.8 Å². The second-order valence-corrected chi connectivity index (χ2v) is 6.62. The fraction of sp³-hybridized carbons (Fsp3) is 0.714. The Kier molecular flexibility index (Phi) is 4.23. The van der Waals surface area contributed by atoms with E-state index in [2.05, 4.69) is 32.2 Å². The molecule has 1 fully saturated rings. The lowest BCUT2D eigenvalue weighted by Crippen LogP contribution is -2.37. The summed E-state index contributed by atoms with van der Waals surface area (Å²) in [5.41, 5.74) is 1.45. The van der Waals surface area contributed by atoms with E-state index in [1.165, 1.54) is 28.2 Å². The van der Waals surface area contributed by atoms with Crippen LogP contribution in [0.1, 0.15) is 41.1 Å². The topological polar surface area (TPSA) is 21.3 Å². The average molecular weight is 253 g/mol. The fourth-order valence-corrected chi connectivity index (χ4v) is 3.51. The minimum atomic E-state index is 0.431. The molecule has 2 rings (SSSR count). The molecule has 2 nitrogen and oxygen atoms in total. The Bertz CT molecular complexity index is 370. The third-order valence-electron chi connectivity index (χ3n) is 3.55. The third kappa shape index (κ3) is 3.30. The number of hydrogen-bond donors (Lipinski definition) is 1. The summed E-state index contributed by atoms with van der Waals surface area (Å²) in [6, 6.07) is 3.27. The quantitative estimate of drug-likeness (QED) is 0.838. The summed E-state index contributed by atoms with van der Waals surface area (Å²) in [4.78, 5) is 2.84. The maximum Gasteiger partial charge on any atom is 0.0618 e. The normalized spacial score (nSPS) is 19.3. The van der Waals surface area contributed by atoms with Crippen LogP contribution in [-0.2, 0) is 4.74 Å². The van der Waals surface area contributed by atoms with E-state index in [-0.39, 0.29) is 0 Å². The van der Waals surface area contributed by atoms with Crippen LogP contribution in [0.3, 0.4) is 0 Å². The van der Waals surface area contributed by atoms with E-state index in [4.69, 9.17) is 4.74 Å². The van der Waals surface area contributed by atoms with Crippen molar-refractivity contribution >= 4 is 11.3 Å². The molecule has 1 aliphatic carbocycles. The molecular weight excluding hydrogens is 230 g/mol. The molecule has 1 aromatic rings. The number of ether oxygens (including phenoxy) is 1. The van der Waals surface area contributed by atoms with Gasteiger partial charge in [-0.2, -0.15) is 0 Å². The first-order chi connectivity index (χ1) is 8.11. The van der Waals surface area contributed by atoms with Gasteiger partial charge in [-0.25, -0.2) is 0 Å². The molecule has 0 spiro atoms. The molecule has 0 saturated heterocycles. The van der Waals surface area contributed by atoms with Gasteiger partial charge in [-0.3, -0.25) is 0 Å². The minimum absolute atomic E-state index is 0.431.